The van der Waals surface area contributed by atoms with E-state index >= 15 is 0 Å². The van der Waals surface area contributed by atoms with Crippen molar-refractivity contribution >= 4 is 19.4 Å². The van der Waals surface area contributed by atoms with Crippen LogP contribution in [0.4, 0.5) is 0 Å². The molecule has 0 bridgehead atoms. The zero-order valence-electron chi connectivity index (χ0n) is 19.9. The summed E-state index contributed by atoms with van der Waals surface area (Å²) in [4.78, 5) is 0. The van der Waals surface area contributed by atoms with Crippen LogP contribution in [0.25, 0.3) is 0 Å². The summed E-state index contributed by atoms with van der Waals surface area (Å²) < 4.78 is 18.6. The highest BCUT2D eigenvalue weighted by Crippen LogP contribution is 2.49. The van der Waals surface area contributed by atoms with E-state index in [1.807, 2.05) is 0 Å². The van der Waals surface area contributed by atoms with Gasteiger partial charge in [0.15, 0.2) is 0 Å². The van der Waals surface area contributed by atoms with Crippen LogP contribution in [-0.2, 0) is 22.0 Å². The van der Waals surface area contributed by atoms with Crippen molar-refractivity contribution in [2.45, 2.75) is 44.3 Å². The maximum Gasteiger partial charge on any atom is 0.283 e. The molecule has 0 N–H and O–H groups in total. The number of ether oxygens (including phenoxy) is 2. The predicted octanol–water partition coefficient (Wildman–Crippen LogP) is 4.42. The van der Waals surface area contributed by atoms with E-state index in [1.165, 1.54) is 27.9 Å². The van der Waals surface area contributed by atoms with Gasteiger partial charge in [-0.25, -0.2) is 0 Å². The maximum atomic E-state index is 7.23. The van der Waals surface area contributed by atoms with Crippen molar-refractivity contribution < 1.29 is 13.9 Å². The number of rotatable bonds is 8. The Kier molecular flexibility index (Phi) is 6.29. The van der Waals surface area contributed by atoms with Crippen molar-refractivity contribution in [3.05, 3.63) is 90.0 Å². The summed E-state index contributed by atoms with van der Waals surface area (Å²) in [5, 5.41) is 2.67. The molecule has 175 valence electrons. The lowest BCUT2D eigenvalue weighted by molar-refractivity contribution is 0.134. The SMILES string of the molecule is COc1cccc2c1C[C@H]1C[C@@H](O[Si](c3ccccc3)c3ccccc3)[C@H](CC[C@@H]3CO3)[C@H]1C2. The summed E-state index contributed by atoms with van der Waals surface area (Å²) in [5.41, 5.74) is 2.90. The number of hydrogen-bond donors (Lipinski definition) is 0. The fourth-order valence-electron chi connectivity index (χ4n) is 6.35. The average Bonchev–Trinajstić information content (AvgIpc) is 3.66. The fourth-order valence-corrected chi connectivity index (χ4v) is 8.52. The van der Waals surface area contributed by atoms with Crippen LogP contribution >= 0.6 is 0 Å². The van der Waals surface area contributed by atoms with Gasteiger partial charge >= 0.3 is 0 Å². The van der Waals surface area contributed by atoms with Gasteiger partial charge in [0.1, 0.15) is 5.75 Å². The molecule has 6 rings (SSSR count). The summed E-state index contributed by atoms with van der Waals surface area (Å²) >= 11 is 0. The molecule has 0 unspecified atom stereocenters. The Hall–Kier alpha value is -2.40. The van der Waals surface area contributed by atoms with E-state index in [1.54, 1.807) is 7.11 Å². The van der Waals surface area contributed by atoms with Crippen molar-refractivity contribution in [1.29, 1.82) is 0 Å². The van der Waals surface area contributed by atoms with Crippen LogP contribution in [-0.4, -0.2) is 35.0 Å². The second-order valence-corrected chi connectivity index (χ2v) is 12.1. The van der Waals surface area contributed by atoms with E-state index in [9.17, 15) is 0 Å². The zero-order valence-corrected chi connectivity index (χ0v) is 20.9. The Balaban J connectivity index is 1.30. The van der Waals surface area contributed by atoms with Crippen LogP contribution < -0.4 is 15.1 Å². The van der Waals surface area contributed by atoms with Crippen LogP contribution in [0, 0.1) is 17.8 Å². The molecule has 1 heterocycles. The van der Waals surface area contributed by atoms with E-state index in [2.05, 4.69) is 78.9 Å². The maximum absolute atomic E-state index is 7.23. The highest BCUT2D eigenvalue weighted by atomic mass is 28.3. The van der Waals surface area contributed by atoms with Gasteiger partial charge in [-0.05, 0) is 77.4 Å². The minimum Gasteiger partial charge on any atom is -0.496 e. The van der Waals surface area contributed by atoms with Crippen LogP contribution in [0.2, 0.25) is 0 Å². The molecule has 2 aliphatic carbocycles. The summed E-state index contributed by atoms with van der Waals surface area (Å²) in [6.45, 7) is 0.940. The van der Waals surface area contributed by atoms with Crippen LogP contribution in [0.1, 0.15) is 30.4 Å². The lowest BCUT2D eigenvalue weighted by atomic mass is 9.73. The van der Waals surface area contributed by atoms with Gasteiger partial charge in [0.25, 0.3) is 9.04 Å². The Bertz CT molecular complexity index is 1060. The highest BCUT2D eigenvalue weighted by Gasteiger charge is 2.47. The van der Waals surface area contributed by atoms with Crippen molar-refractivity contribution in [3.8, 4) is 5.75 Å². The highest BCUT2D eigenvalue weighted by molar-refractivity contribution is 6.80. The molecule has 1 saturated carbocycles. The fraction of sp³-hybridized carbons (Fsp3) is 0.400. The van der Waals surface area contributed by atoms with Crippen molar-refractivity contribution in [2.75, 3.05) is 13.7 Å². The van der Waals surface area contributed by atoms with Gasteiger partial charge in [0.05, 0.1) is 19.8 Å². The molecular weight excluding hydrogens is 436 g/mol. The molecule has 0 amide bonds. The van der Waals surface area contributed by atoms with Gasteiger partial charge in [-0.1, -0.05) is 72.8 Å². The molecule has 1 saturated heterocycles. The number of fused-ring (bicyclic) bond motifs is 2. The van der Waals surface area contributed by atoms with Crippen molar-refractivity contribution in [1.82, 2.24) is 0 Å². The quantitative estimate of drug-likeness (QED) is 0.362. The molecule has 2 fully saturated rings. The molecule has 3 aliphatic rings. The summed E-state index contributed by atoms with van der Waals surface area (Å²) in [5.74, 6) is 2.98. The normalized spacial score (nSPS) is 27.3. The van der Waals surface area contributed by atoms with Crippen molar-refractivity contribution in [2.24, 2.45) is 17.8 Å². The third-order valence-corrected chi connectivity index (χ3v) is 10.4. The third kappa shape index (κ3) is 4.47. The Morgan fingerprint density at radius 1 is 0.853 bits per heavy atom. The Labute approximate surface area is 204 Å². The first-order valence-corrected chi connectivity index (χ1v) is 14.1. The average molecular weight is 470 g/mol. The third-order valence-electron chi connectivity index (χ3n) is 8.11. The van der Waals surface area contributed by atoms with E-state index in [0.29, 0.717) is 30.0 Å². The molecule has 3 nitrogen and oxygen atoms in total. The summed E-state index contributed by atoms with van der Waals surface area (Å²) in [7, 11) is 0.486. The lowest BCUT2D eigenvalue weighted by Gasteiger charge is -2.33. The second kappa shape index (κ2) is 9.69. The van der Waals surface area contributed by atoms with Crippen LogP contribution in [0.3, 0.4) is 0 Å². The first kappa shape index (κ1) is 22.1. The minimum atomic E-state index is -1.31. The summed E-state index contributed by atoms with van der Waals surface area (Å²) in [6, 6.07) is 28.3. The van der Waals surface area contributed by atoms with Crippen molar-refractivity contribution in [3.63, 3.8) is 0 Å². The zero-order chi connectivity index (χ0) is 22.9. The first-order valence-electron chi connectivity index (χ1n) is 12.7. The molecule has 3 aromatic rings. The minimum absolute atomic E-state index is 0.295. The number of epoxide rings is 1. The predicted molar refractivity (Wildman–Crippen MR) is 137 cm³/mol. The van der Waals surface area contributed by atoms with E-state index in [4.69, 9.17) is 13.9 Å². The number of methoxy groups -OCH3 is 1. The van der Waals surface area contributed by atoms with Gasteiger partial charge in [-0.15, -0.1) is 0 Å². The van der Waals surface area contributed by atoms with Gasteiger partial charge in [0, 0.05) is 6.10 Å². The monoisotopic (exact) mass is 469 g/mol. The Morgan fingerprint density at radius 3 is 2.21 bits per heavy atom. The van der Waals surface area contributed by atoms with Gasteiger partial charge in [-0.3, -0.25) is 0 Å². The molecule has 3 aromatic carbocycles. The smallest absolute Gasteiger partial charge is 0.283 e. The molecule has 4 heteroatoms. The topological polar surface area (TPSA) is 31.0 Å². The number of hydrogen-bond acceptors (Lipinski definition) is 3. The largest absolute Gasteiger partial charge is 0.496 e. The molecule has 1 aliphatic heterocycles. The molecule has 0 spiro atoms. The van der Waals surface area contributed by atoms with Crippen LogP contribution in [0.15, 0.2) is 78.9 Å². The van der Waals surface area contributed by atoms with Gasteiger partial charge < -0.3 is 13.9 Å². The molecule has 0 aromatic heterocycles. The van der Waals surface area contributed by atoms with E-state index in [-0.39, 0.29) is 0 Å². The molecule has 1 radical (unpaired) electrons. The second-order valence-electron chi connectivity index (χ2n) is 10.1. The molecular formula is C30H33O3Si. The Morgan fingerprint density at radius 2 is 1.56 bits per heavy atom. The van der Waals surface area contributed by atoms with Crippen LogP contribution in [0.5, 0.6) is 5.75 Å². The summed E-state index contributed by atoms with van der Waals surface area (Å²) in [6.07, 6.45) is 6.54. The molecule has 34 heavy (non-hydrogen) atoms. The number of benzene rings is 3. The lowest BCUT2D eigenvalue weighted by Crippen LogP contribution is -2.48. The van der Waals surface area contributed by atoms with Gasteiger partial charge in [0.2, 0.25) is 0 Å². The first-order chi connectivity index (χ1) is 16.8. The van der Waals surface area contributed by atoms with E-state index < -0.39 is 9.04 Å². The molecule has 5 atom stereocenters. The van der Waals surface area contributed by atoms with E-state index in [0.717, 1.165) is 38.0 Å². The van der Waals surface area contributed by atoms with Gasteiger partial charge in [-0.2, -0.15) is 0 Å². The standard InChI is InChI=1S/C30H33O3Si/c1-31-29-14-8-9-21-17-27-22(18-28(21)29)19-30(26(27)16-15-23-20-32-23)33-34(24-10-4-2-5-11-24)25-12-6-3-7-13-25/h2-14,22-23,26-27,30H,15-20H2,1H3/t22-,23+,26+,27-,30+/m0/s1.